The summed E-state index contributed by atoms with van der Waals surface area (Å²) in [7, 11) is 0. The summed E-state index contributed by atoms with van der Waals surface area (Å²) in [5, 5.41) is 12.4. The summed E-state index contributed by atoms with van der Waals surface area (Å²) in [6, 6.07) is 14.0. The largest absolute Gasteiger partial charge is 0.312 e. The Morgan fingerprint density at radius 2 is 1.87 bits per heavy atom. The van der Waals surface area contributed by atoms with E-state index >= 15 is 0 Å². The summed E-state index contributed by atoms with van der Waals surface area (Å²) < 4.78 is 0. The number of anilines is 2. The Balaban J connectivity index is 1.40. The van der Waals surface area contributed by atoms with E-state index in [4.69, 9.17) is 0 Å². The minimum absolute atomic E-state index is 0.0145. The molecule has 1 aromatic heterocycles. The van der Waals surface area contributed by atoms with E-state index in [0.29, 0.717) is 18.1 Å². The van der Waals surface area contributed by atoms with Crippen LogP contribution in [0.1, 0.15) is 39.6 Å². The van der Waals surface area contributed by atoms with Crippen LogP contribution in [0.3, 0.4) is 0 Å². The fraction of sp³-hybridized carbons (Fsp3) is 0.304. The molecule has 2 aromatic carbocycles. The summed E-state index contributed by atoms with van der Waals surface area (Å²) >= 11 is 1.34. The van der Waals surface area contributed by atoms with Gasteiger partial charge in [0.1, 0.15) is 5.01 Å². The van der Waals surface area contributed by atoms with E-state index in [9.17, 15) is 9.59 Å². The van der Waals surface area contributed by atoms with Crippen LogP contribution in [0.5, 0.6) is 0 Å². The summed E-state index contributed by atoms with van der Waals surface area (Å²) in [4.78, 5) is 26.7. The number of carbonyl (C=O) groups is 2. The normalized spacial score (nSPS) is 16.2. The predicted molar refractivity (Wildman–Crippen MR) is 119 cm³/mol. The van der Waals surface area contributed by atoms with Crippen molar-refractivity contribution in [3.63, 3.8) is 0 Å². The molecule has 2 amide bonds. The average molecular weight is 421 g/mol. The molecule has 3 aromatic rings. The van der Waals surface area contributed by atoms with Gasteiger partial charge in [-0.3, -0.25) is 9.59 Å². The summed E-state index contributed by atoms with van der Waals surface area (Å²) in [5.74, 6) is -0.0522. The first-order valence-electron chi connectivity index (χ1n) is 9.95. The van der Waals surface area contributed by atoms with Gasteiger partial charge in [0, 0.05) is 24.6 Å². The Hall–Kier alpha value is -3.06. The zero-order valence-electron chi connectivity index (χ0n) is 17.3. The van der Waals surface area contributed by atoms with Gasteiger partial charge in [-0.1, -0.05) is 47.2 Å². The molecule has 0 aliphatic carbocycles. The lowest BCUT2D eigenvalue weighted by atomic mass is 10.1. The van der Waals surface area contributed by atoms with Gasteiger partial charge in [-0.05, 0) is 49.6 Å². The van der Waals surface area contributed by atoms with Gasteiger partial charge in [0.25, 0.3) is 0 Å². The van der Waals surface area contributed by atoms with Gasteiger partial charge >= 0.3 is 0 Å². The molecule has 1 aliphatic heterocycles. The molecule has 4 rings (SSSR count). The maximum Gasteiger partial charge on any atom is 0.230 e. The summed E-state index contributed by atoms with van der Waals surface area (Å²) in [6.45, 7) is 6.70. The van der Waals surface area contributed by atoms with Crippen LogP contribution in [0.4, 0.5) is 10.8 Å². The van der Waals surface area contributed by atoms with E-state index in [1.807, 2.05) is 61.2 Å². The fourth-order valence-corrected chi connectivity index (χ4v) is 4.37. The number of nitrogens with one attached hydrogen (secondary N) is 1. The standard InChI is InChI=1S/C23H24N4O2S/c1-14-4-7-17(8-5-14)11-20(28)24-23-26-25-22(30-23)18-12-21(29)27(13-18)19-9-6-15(2)16(3)10-19/h4-10,18H,11-13H2,1-3H3,(H,24,26,28)/t18-/m0/s1. The summed E-state index contributed by atoms with van der Waals surface area (Å²) in [5.41, 5.74) is 5.40. The molecule has 2 heterocycles. The number of aromatic nitrogens is 2. The number of carbonyl (C=O) groups excluding carboxylic acids is 2. The molecule has 1 fully saturated rings. The molecule has 1 atom stereocenters. The quantitative estimate of drug-likeness (QED) is 0.672. The maximum absolute atomic E-state index is 12.6. The molecule has 154 valence electrons. The van der Waals surface area contributed by atoms with E-state index in [0.717, 1.165) is 21.8 Å². The van der Waals surface area contributed by atoms with Gasteiger partial charge in [0.05, 0.1) is 6.42 Å². The van der Waals surface area contributed by atoms with E-state index in [1.54, 1.807) is 0 Å². The summed E-state index contributed by atoms with van der Waals surface area (Å²) in [6.07, 6.45) is 0.691. The van der Waals surface area contributed by atoms with Crippen molar-refractivity contribution in [2.24, 2.45) is 0 Å². The van der Waals surface area contributed by atoms with Crippen molar-refractivity contribution in [3.8, 4) is 0 Å². The van der Waals surface area contributed by atoms with Gasteiger partial charge in [-0.2, -0.15) is 0 Å². The zero-order chi connectivity index (χ0) is 21.3. The van der Waals surface area contributed by atoms with Crippen molar-refractivity contribution in [2.45, 2.75) is 39.5 Å². The Labute approximate surface area is 180 Å². The minimum Gasteiger partial charge on any atom is -0.312 e. The van der Waals surface area contributed by atoms with Crippen molar-refractivity contribution >= 4 is 34.0 Å². The molecule has 1 saturated heterocycles. The second kappa shape index (κ2) is 8.36. The van der Waals surface area contributed by atoms with Crippen LogP contribution in [0.25, 0.3) is 0 Å². The van der Waals surface area contributed by atoms with Crippen LogP contribution >= 0.6 is 11.3 Å². The lowest BCUT2D eigenvalue weighted by Crippen LogP contribution is -2.24. The highest BCUT2D eigenvalue weighted by Gasteiger charge is 2.34. The molecule has 7 heteroatoms. The number of hydrogen-bond donors (Lipinski definition) is 1. The second-order valence-corrected chi connectivity index (χ2v) is 8.84. The van der Waals surface area contributed by atoms with Crippen LogP contribution in [-0.2, 0) is 16.0 Å². The van der Waals surface area contributed by atoms with Crippen molar-refractivity contribution in [3.05, 3.63) is 69.7 Å². The molecule has 0 bridgehead atoms. The highest BCUT2D eigenvalue weighted by Crippen LogP contribution is 2.34. The first kappa shape index (κ1) is 20.2. The lowest BCUT2D eigenvalue weighted by Gasteiger charge is -2.17. The maximum atomic E-state index is 12.6. The van der Waals surface area contributed by atoms with E-state index < -0.39 is 0 Å². The van der Waals surface area contributed by atoms with Gasteiger partial charge in [0.15, 0.2) is 0 Å². The number of amides is 2. The van der Waals surface area contributed by atoms with Crippen molar-refractivity contribution < 1.29 is 9.59 Å². The molecule has 0 unspecified atom stereocenters. The van der Waals surface area contributed by atoms with Gasteiger partial charge in [-0.25, -0.2) is 0 Å². The van der Waals surface area contributed by atoms with Crippen LogP contribution in [0.15, 0.2) is 42.5 Å². The first-order valence-corrected chi connectivity index (χ1v) is 10.8. The molecule has 30 heavy (non-hydrogen) atoms. The number of benzene rings is 2. The van der Waals surface area contributed by atoms with Crippen molar-refractivity contribution in [2.75, 3.05) is 16.8 Å². The number of hydrogen-bond acceptors (Lipinski definition) is 5. The molecule has 0 radical (unpaired) electrons. The topological polar surface area (TPSA) is 75.2 Å². The molecule has 0 spiro atoms. The lowest BCUT2D eigenvalue weighted by molar-refractivity contribution is -0.117. The smallest absolute Gasteiger partial charge is 0.230 e. The molecular weight excluding hydrogens is 396 g/mol. The number of rotatable bonds is 5. The molecular formula is C23H24N4O2S. The Kier molecular flexibility index (Phi) is 5.63. The van der Waals surface area contributed by atoms with Gasteiger partial charge < -0.3 is 10.2 Å². The Morgan fingerprint density at radius 1 is 1.10 bits per heavy atom. The van der Waals surface area contributed by atoms with E-state index in [1.165, 1.54) is 22.5 Å². The van der Waals surface area contributed by atoms with Crippen molar-refractivity contribution in [1.29, 1.82) is 0 Å². The Morgan fingerprint density at radius 3 is 2.60 bits per heavy atom. The minimum atomic E-state index is -0.124. The van der Waals surface area contributed by atoms with Crippen LogP contribution in [0.2, 0.25) is 0 Å². The average Bonchev–Trinajstić information content (AvgIpc) is 3.32. The second-order valence-electron chi connectivity index (χ2n) is 7.83. The third kappa shape index (κ3) is 4.41. The highest BCUT2D eigenvalue weighted by molar-refractivity contribution is 7.15. The number of nitrogens with zero attached hydrogens (tertiary/aromatic N) is 3. The fourth-order valence-electron chi connectivity index (χ4n) is 3.52. The Bertz CT molecular complexity index is 1090. The van der Waals surface area contributed by atoms with Crippen LogP contribution in [-0.4, -0.2) is 28.6 Å². The first-order chi connectivity index (χ1) is 14.4. The molecule has 0 saturated carbocycles. The zero-order valence-corrected chi connectivity index (χ0v) is 18.1. The molecule has 1 aliphatic rings. The monoisotopic (exact) mass is 420 g/mol. The molecule has 6 nitrogen and oxygen atoms in total. The van der Waals surface area contributed by atoms with Crippen LogP contribution in [0, 0.1) is 20.8 Å². The van der Waals surface area contributed by atoms with Gasteiger partial charge in [-0.15, -0.1) is 10.2 Å². The third-order valence-corrected chi connectivity index (χ3v) is 6.45. The highest BCUT2D eigenvalue weighted by atomic mass is 32.1. The third-order valence-electron chi connectivity index (χ3n) is 5.45. The predicted octanol–water partition coefficient (Wildman–Crippen LogP) is 4.17. The van der Waals surface area contributed by atoms with Crippen molar-refractivity contribution in [1.82, 2.24) is 10.2 Å². The van der Waals surface area contributed by atoms with Crippen LogP contribution < -0.4 is 10.2 Å². The molecule has 1 N–H and O–H groups in total. The van der Waals surface area contributed by atoms with E-state index in [2.05, 4.69) is 22.4 Å². The number of aryl methyl sites for hydroxylation is 3. The van der Waals surface area contributed by atoms with Gasteiger partial charge in [0.2, 0.25) is 16.9 Å². The van der Waals surface area contributed by atoms with E-state index in [-0.39, 0.29) is 24.2 Å². The SMILES string of the molecule is Cc1ccc(CC(=O)Nc2nnc([C@H]3CC(=O)N(c4ccc(C)c(C)c4)C3)s2)cc1.